The van der Waals surface area contributed by atoms with Crippen LogP contribution in [0.2, 0.25) is 0 Å². The van der Waals surface area contributed by atoms with Gasteiger partial charge in [0.2, 0.25) is 0 Å². The van der Waals surface area contributed by atoms with Gasteiger partial charge in [0.05, 0.1) is 19.4 Å². The van der Waals surface area contributed by atoms with Crippen LogP contribution in [0.1, 0.15) is 96.0 Å². The van der Waals surface area contributed by atoms with Crippen molar-refractivity contribution < 1.29 is 33.3 Å². The monoisotopic (exact) mass is 773 g/mol. The Balaban J connectivity index is 0.903. The number of hydrogen-bond acceptors (Lipinski definition) is 7. The summed E-state index contributed by atoms with van der Waals surface area (Å²) in [5.41, 5.74) is -0.140. The summed E-state index contributed by atoms with van der Waals surface area (Å²) < 4.78 is 27.1. The molecule has 0 aliphatic heterocycles. The van der Waals surface area contributed by atoms with Crippen molar-refractivity contribution in [2.45, 2.75) is 102 Å². The first-order valence-electron chi connectivity index (χ1n) is 21.3. The Bertz CT molecular complexity index is 2180. The second-order valence-electron chi connectivity index (χ2n) is 19.4. The Kier molecular flexibility index (Phi) is 7.90. The van der Waals surface area contributed by atoms with Crippen LogP contribution in [0.15, 0.2) is 66.7 Å². The number of ether oxygens (including phenoxy) is 4. The molecule has 0 saturated heterocycles. The second kappa shape index (κ2) is 12.5. The highest BCUT2D eigenvalue weighted by molar-refractivity contribution is 7.50. The minimum atomic E-state index is -1.03. The number of carbonyl (C=O) groups excluding carboxylic acids is 3. The van der Waals surface area contributed by atoms with Crippen LogP contribution in [0.25, 0.3) is 25.1 Å². The third kappa shape index (κ3) is 5.08. The molecule has 56 heavy (non-hydrogen) atoms. The van der Waals surface area contributed by atoms with Crippen LogP contribution in [-0.4, -0.2) is 42.8 Å². The summed E-state index contributed by atoms with van der Waals surface area (Å²) >= 11 is 0. The fourth-order valence-corrected chi connectivity index (χ4v) is 17.2. The van der Waals surface area contributed by atoms with Crippen LogP contribution in [0.4, 0.5) is 0 Å². The topological polar surface area (TPSA) is 88.1 Å². The van der Waals surface area contributed by atoms with Gasteiger partial charge in [0.15, 0.2) is 20.9 Å². The molecular formula is C48H53O7S+. The van der Waals surface area contributed by atoms with Gasteiger partial charge in [-0.25, -0.2) is 4.79 Å². The van der Waals surface area contributed by atoms with Gasteiger partial charge in [-0.15, -0.1) is 0 Å². The molecule has 1 aromatic heterocycles. The number of hydrogen-bond donors (Lipinski definition) is 0. The number of thiophene rings is 1. The Morgan fingerprint density at radius 1 is 0.696 bits per heavy atom. The first-order valence-corrected chi connectivity index (χ1v) is 22.5. The van der Waals surface area contributed by atoms with Crippen molar-refractivity contribution in [3.8, 4) is 10.6 Å². The summed E-state index contributed by atoms with van der Waals surface area (Å²) in [5.74, 6) is 2.36. The molecule has 7 bridgehead atoms. The lowest BCUT2D eigenvalue weighted by Crippen LogP contribution is -2.65. The van der Waals surface area contributed by atoms with E-state index in [0.717, 1.165) is 67.1 Å². The summed E-state index contributed by atoms with van der Waals surface area (Å²) in [6.45, 7) is 3.76. The minimum absolute atomic E-state index is 0.200. The molecule has 292 valence electrons. The van der Waals surface area contributed by atoms with Gasteiger partial charge in [-0.3, -0.25) is 9.59 Å². The Morgan fingerprint density at radius 3 is 1.88 bits per heavy atom. The third-order valence-electron chi connectivity index (χ3n) is 16.6. The van der Waals surface area contributed by atoms with E-state index in [0.29, 0.717) is 40.4 Å². The predicted molar refractivity (Wildman–Crippen MR) is 216 cm³/mol. The molecule has 4 aromatic rings. The normalized spacial score (nSPS) is 37.3. The molecule has 8 aliphatic carbocycles. The fourth-order valence-electron chi connectivity index (χ4n) is 14.8. The molecule has 0 N–H and O–H groups in total. The molecule has 8 saturated carbocycles. The summed E-state index contributed by atoms with van der Waals surface area (Å²) in [5, 5.41) is 2.41. The SMILES string of the molecule is COc1ccc(-[s+]2c3ccccc3c3ccccc32)cc1C(CC(=O)OC1(C)C2CC3CC4CC1C2(C3)C4)C(=O)OCC(=O)OC1(C)C2CC3CC(C2)CC1C3. The van der Waals surface area contributed by atoms with Crippen molar-refractivity contribution in [1.82, 2.24) is 0 Å². The van der Waals surface area contributed by atoms with Crippen molar-refractivity contribution in [3.05, 3.63) is 72.3 Å². The number of methoxy groups -OCH3 is 1. The highest BCUT2D eigenvalue weighted by atomic mass is 32.2. The molecule has 5 unspecified atom stereocenters. The number of benzene rings is 3. The largest absolute Gasteiger partial charge is 0.496 e. The highest BCUT2D eigenvalue weighted by Gasteiger charge is 2.77. The molecule has 8 aliphatic rings. The van der Waals surface area contributed by atoms with E-state index in [1.54, 1.807) is 7.11 Å². The summed E-state index contributed by atoms with van der Waals surface area (Å²) in [7, 11) is 1.15. The third-order valence-corrected chi connectivity index (χ3v) is 19.0. The summed E-state index contributed by atoms with van der Waals surface area (Å²) in [4.78, 5) is 43.4. The molecule has 8 heteroatoms. The van der Waals surface area contributed by atoms with Crippen LogP contribution < -0.4 is 4.74 Å². The van der Waals surface area contributed by atoms with E-state index in [9.17, 15) is 14.4 Å². The lowest BCUT2D eigenvalue weighted by atomic mass is 9.47. The lowest BCUT2D eigenvalue weighted by molar-refractivity contribution is -0.239. The smallest absolute Gasteiger partial charge is 0.344 e. The summed E-state index contributed by atoms with van der Waals surface area (Å²) in [6, 6.07) is 23.0. The van der Waals surface area contributed by atoms with Crippen molar-refractivity contribution in [2.75, 3.05) is 13.7 Å². The van der Waals surface area contributed by atoms with Crippen molar-refractivity contribution in [1.29, 1.82) is 0 Å². The average Bonchev–Trinajstić information content (AvgIpc) is 3.76. The molecule has 8 fully saturated rings. The predicted octanol–water partition coefficient (Wildman–Crippen LogP) is 10.3. The maximum Gasteiger partial charge on any atom is 0.344 e. The van der Waals surface area contributed by atoms with Crippen LogP contribution >= 0.6 is 10.5 Å². The lowest BCUT2D eigenvalue weighted by Gasteiger charge is -2.61. The molecular weight excluding hydrogens is 721 g/mol. The second-order valence-corrected chi connectivity index (χ2v) is 21.3. The zero-order valence-corrected chi connectivity index (χ0v) is 33.6. The number of carbonyl (C=O) groups is 3. The van der Waals surface area contributed by atoms with Gasteiger partial charge in [-0.2, -0.15) is 0 Å². The quantitative estimate of drug-likeness (QED) is 0.0901. The van der Waals surface area contributed by atoms with Gasteiger partial charge in [-0.05, 0) is 149 Å². The first-order chi connectivity index (χ1) is 27.1. The molecule has 7 nitrogen and oxygen atoms in total. The van der Waals surface area contributed by atoms with E-state index < -0.39 is 52.1 Å². The van der Waals surface area contributed by atoms with Crippen molar-refractivity contribution in [3.63, 3.8) is 0 Å². The van der Waals surface area contributed by atoms with Crippen molar-refractivity contribution in [2.24, 2.45) is 52.8 Å². The number of rotatable bonds is 10. The van der Waals surface area contributed by atoms with Gasteiger partial charge in [-0.1, -0.05) is 24.3 Å². The Morgan fingerprint density at radius 2 is 1.27 bits per heavy atom. The first kappa shape index (κ1) is 35.3. The van der Waals surface area contributed by atoms with E-state index in [4.69, 9.17) is 18.9 Å². The standard InChI is InChI=1S/C48H53O7S/c1-46(31-16-27-14-28(18-31)19-32(46)17-27)55-44(50)26-53-45(51)37(23-43(49)54-47(2)41-20-29-15-30-21-42(47)48(41,24-29)25-30)36-22-33(12-13-38(36)52-3)56-39-10-6-4-8-34(39)35-9-5-7-11-40(35)56/h4-13,22,27-32,37,41-42H,14-21,23-26H2,1-3H3/q+1. The van der Waals surface area contributed by atoms with Gasteiger partial charge in [0.1, 0.15) is 17.0 Å². The van der Waals surface area contributed by atoms with Crippen LogP contribution in [0.5, 0.6) is 5.75 Å². The summed E-state index contributed by atoms with van der Waals surface area (Å²) in [6.07, 6.45) is 11.7. The highest BCUT2D eigenvalue weighted by Crippen LogP contribution is 2.79. The Labute approximate surface area is 331 Å². The molecule has 1 heterocycles. The fraction of sp³-hybridized carbons (Fsp3) is 0.562. The van der Waals surface area contributed by atoms with E-state index in [-0.39, 0.29) is 6.42 Å². The molecule has 3 aromatic carbocycles. The van der Waals surface area contributed by atoms with Gasteiger partial charge in [0.25, 0.3) is 0 Å². The number of fused-ring (bicyclic) bond motifs is 5. The zero-order valence-electron chi connectivity index (χ0n) is 32.8. The Hall–Kier alpha value is -3.91. The molecule has 1 spiro atoms. The van der Waals surface area contributed by atoms with E-state index >= 15 is 0 Å². The maximum atomic E-state index is 14.5. The molecule has 12 rings (SSSR count). The van der Waals surface area contributed by atoms with Gasteiger partial charge in [0, 0.05) is 50.8 Å². The molecule has 0 radical (unpaired) electrons. The van der Waals surface area contributed by atoms with E-state index in [1.807, 2.05) is 12.1 Å². The number of esters is 3. The minimum Gasteiger partial charge on any atom is -0.496 e. The molecule has 0 amide bonds. The van der Waals surface area contributed by atoms with Crippen LogP contribution in [0.3, 0.4) is 0 Å². The molecule has 5 atom stereocenters. The van der Waals surface area contributed by atoms with Crippen LogP contribution in [-0.2, 0) is 28.6 Å². The maximum absolute atomic E-state index is 14.5. The average molecular weight is 774 g/mol. The van der Waals surface area contributed by atoms with Gasteiger partial charge >= 0.3 is 17.9 Å². The van der Waals surface area contributed by atoms with E-state index in [1.165, 1.54) is 45.9 Å². The van der Waals surface area contributed by atoms with E-state index in [2.05, 4.69) is 68.4 Å². The van der Waals surface area contributed by atoms with Crippen molar-refractivity contribution >= 4 is 48.6 Å². The van der Waals surface area contributed by atoms with Gasteiger partial charge < -0.3 is 18.9 Å². The van der Waals surface area contributed by atoms with Crippen LogP contribution in [0, 0.1) is 52.8 Å². The zero-order chi connectivity index (χ0) is 38.1.